The molecular formula is C37H59NO8. The molecule has 10 aliphatic rings. The van der Waals surface area contributed by atoms with Gasteiger partial charge in [0.2, 0.25) is 0 Å². The minimum Gasteiger partial charge on any atom is -0.443 e. The van der Waals surface area contributed by atoms with Gasteiger partial charge in [0.25, 0.3) is 0 Å². The van der Waals surface area contributed by atoms with Crippen molar-refractivity contribution in [1.82, 2.24) is 4.90 Å². The van der Waals surface area contributed by atoms with Crippen molar-refractivity contribution in [3.8, 4) is 0 Å². The highest BCUT2D eigenvalue weighted by atomic mass is 17.2. The first-order valence-corrected chi connectivity index (χ1v) is 18.7. The third-order valence-corrected chi connectivity index (χ3v) is 15.0. The molecule has 0 aromatic rings. The molecule has 6 aliphatic heterocycles. The third kappa shape index (κ3) is 4.57. The Morgan fingerprint density at radius 3 is 1.78 bits per heavy atom. The van der Waals surface area contributed by atoms with E-state index in [-0.39, 0.29) is 59.5 Å². The van der Waals surface area contributed by atoms with Crippen LogP contribution in [0.15, 0.2) is 0 Å². The summed E-state index contributed by atoms with van der Waals surface area (Å²) in [5.41, 5.74) is -1.54. The Morgan fingerprint density at radius 2 is 1.24 bits per heavy atom. The van der Waals surface area contributed by atoms with Gasteiger partial charge >= 0.3 is 6.09 Å². The van der Waals surface area contributed by atoms with Crippen LogP contribution in [0.2, 0.25) is 0 Å². The van der Waals surface area contributed by atoms with E-state index >= 15 is 0 Å². The molecule has 10 fully saturated rings. The molecule has 17 atom stereocenters. The normalized spacial score (nSPS) is 56.2. The number of hydrogen-bond donors (Lipinski definition) is 0. The van der Waals surface area contributed by atoms with Crippen LogP contribution in [0, 0.1) is 47.3 Å². The quantitative estimate of drug-likeness (QED) is 0.307. The predicted octanol–water partition coefficient (Wildman–Crippen LogP) is 6.86. The Bertz CT molecular complexity index is 1200. The van der Waals surface area contributed by atoms with Crippen molar-refractivity contribution in [2.24, 2.45) is 47.3 Å². The van der Waals surface area contributed by atoms with Gasteiger partial charge < -0.3 is 19.1 Å². The summed E-state index contributed by atoms with van der Waals surface area (Å²) in [6, 6.07) is 0. The van der Waals surface area contributed by atoms with E-state index in [0.29, 0.717) is 36.0 Å². The molecule has 9 heteroatoms. The fraction of sp³-hybridized carbons (Fsp3) is 0.973. The van der Waals surface area contributed by atoms with Crippen molar-refractivity contribution in [1.29, 1.82) is 0 Å². The van der Waals surface area contributed by atoms with Gasteiger partial charge in [-0.1, -0.05) is 27.7 Å². The summed E-state index contributed by atoms with van der Waals surface area (Å²) >= 11 is 0. The Balaban J connectivity index is 1.12. The largest absolute Gasteiger partial charge is 0.443 e. The number of rotatable bonds is 4. The van der Waals surface area contributed by atoms with E-state index < -0.39 is 17.3 Å². The molecule has 260 valence electrons. The lowest BCUT2D eigenvalue weighted by Crippen LogP contribution is -2.71. The summed E-state index contributed by atoms with van der Waals surface area (Å²) in [7, 11) is 3.52. The second kappa shape index (κ2) is 11.0. The first-order valence-electron chi connectivity index (χ1n) is 18.7. The maximum Gasteiger partial charge on any atom is 0.409 e. The third-order valence-electron chi connectivity index (χ3n) is 15.0. The maximum atomic E-state index is 13.4. The second-order valence-corrected chi connectivity index (χ2v) is 18.0. The SMILES string of the molecule is C[C@H]1[C@@H](C[C@H](OC(=O)N(C)C)C2O[C@@H]3C[C@@]4(C)CC[C@H]5[C@H](C)CC[C@@H]([C@H]2C)[C@@]35OO4)O[C@@H]2C[C@@]3(C)CC[C@H]4[C@H](C)CC[C@@H]1[C@@]24OO3. The lowest BCUT2D eigenvalue weighted by molar-refractivity contribution is -0.491. The number of carbonyl (C=O) groups excluding carboxylic acids is 1. The Labute approximate surface area is 275 Å². The van der Waals surface area contributed by atoms with Crippen LogP contribution >= 0.6 is 0 Å². The number of ether oxygens (including phenoxy) is 3. The molecule has 0 aromatic carbocycles. The summed E-state index contributed by atoms with van der Waals surface area (Å²) in [5.74, 6) is 2.95. The minimum atomic E-state index is -0.444. The Kier molecular flexibility index (Phi) is 7.72. The molecule has 0 radical (unpaired) electrons. The van der Waals surface area contributed by atoms with Crippen LogP contribution in [0.4, 0.5) is 4.79 Å². The fourth-order valence-corrected chi connectivity index (χ4v) is 12.4. The Hall–Kier alpha value is -0.970. The average Bonchev–Trinajstić information content (AvgIpc) is 3.38. The molecule has 1 amide bonds. The molecule has 6 heterocycles. The first kappa shape index (κ1) is 32.2. The van der Waals surface area contributed by atoms with Gasteiger partial charge in [-0.2, -0.15) is 0 Å². The van der Waals surface area contributed by atoms with E-state index in [1.807, 2.05) is 0 Å². The van der Waals surface area contributed by atoms with Crippen LogP contribution in [-0.4, -0.2) is 78.0 Å². The second-order valence-electron chi connectivity index (χ2n) is 18.0. The van der Waals surface area contributed by atoms with Crippen molar-refractivity contribution in [3.05, 3.63) is 0 Å². The maximum absolute atomic E-state index is 13.4. The van der Waals surface area contributed by atoms with Crippen molar-refractivity contribution in [2.75, 3.05) is 14.1 Å². The van der Waals surface area contributed by atoms with Gasteiger partial charge in [-0.15, -0.1) is 0 Å². The van der Waals surface area contributed by atoms with Crippen LogP contribution in [0.3, 0.4) is 0 Å². The van der Waals surface area contributed by atoms with Crippen LogP contribution in [0.25, 0.3) is 0 Å². The summed E-state index contributed by atoms with van der Waals surface area (Å²) in [6.45, 7) is 13.8. The minimum absolute atomic E-state index is 0.0328. The molecule has 10 rings (SSSR count). The van der Waals surface area contributed by atoms with Crippen molar-refractivity contribution in [3.63, 3.8) is 0 Å². The molecule has 0 N–H and O–H groups in total. The number of amides is 1. The van der Waals surface area contributed by atoms with Gasteiger partial charge in [0.15, 0.2) is 0 Å². The van der Waals surface area contributed by atoms with Gasteiger partial charge in [0.1, 0.15) is 28.5 Å². The lowest BCUT2D eigenvalue weighted by Gasteiger charge is -2.62. The average molecular weight is 646 g/mol. The van der Waals surface area contributed by atoms with Gasteiger partial charge in [-0.25, -0.2) is 24.3 Å². The zero-order valence-electron chi connectivity index (χ0n) is 29.5. The molecule has 0 aromatic heterocycles. The van der Waals surface area contributed by atoms with E-state index in [2.05, 4.69) is 41.5 Å². The zero-order chi connectivity index (χ0) is 32.4. The number of fused-ring (bicyclic) bond motifs is 4. The van der Waals surface area contributed by atoms with E-state index in [4.69, 9.17) is 33.8 Å². The lowest BCUT2D eigenvalue weighted by atomic mass is 9.55. The first-order chi connectivity index (χ1) is 21.8. The molecule has 6 saturated heterocycles. The molecule has 46 heavy (non-hydrogen) atoms. The number of carbonyl (C=O) groups is 1. The molecule has 4 bridgehead atoms. The molecule has 1 unspecified atom stereocenters. The zero-order valence-corrected chi connectivity index (χ0v) is 29.5. The topological polar surface area (TPSA) is 84.9 Å². The monoisotopic (exact) mass is 645 g/mol. The highest BCUT2D eigenvalue weighted by Gasteiger charge is 2.70. The van der Waals surface area contributed by atoms with E-state index in [9.17, 15) is 4.79 Å². The van der Waals surface area contributed by atoms with Crippen LogP contribution in [0.5, 0.6) is 0 Å². The number of hydrogen-bond acceptors (Lipinski definition) is 8. The smallest absolute Gasteiger partial charge is 0.409 e. The van der Waals surface area contributed by atoms with Gasteiger partial charge in [0, 0.05) is 33.4 Å². The van der Waals surface area contributed by atoms with Crippen molar-refractivity contribution in [2.45, 2.75) is 165 Å². The van der Waals surface area contributed by atoms with Crippen LogP contribution in [-0.2, 0) is 33.8 Å². The highest BCUT2D eigenvalue weighted by molar-refractivity contribution is 5.67. The molecule has 4 aliphatic carbocycles. The summed E-state index contributed by atoms with van der Waals surface area (Å²) < 4.78 is 21.0. The summed E-state index contributed by atoms with van der Waals surface area (Å²) in [6.07, 6.45) is 9.82. The fourth-order valence-electron chi connectivity index (χ4n) is 12.4. The molecule has 4 saturated carbocycles. The summed E-state index contributed by atoms with van der Waals surface area (Å²) in [5, 5.41) is 0. The van der Waals surface area contributed by atoms with Crippen LogP contribution < -0.4 is 0 Å². The van der Waals surface area contributed by atoms with Crippen molar-refractivity contribution >= 4 is 6.09 Å². The predicted molar refractivity (Wildman–Crippen MR) is 169 cm³/mol. The summed E-state index contributed by atoms with van der Waals surface area (Å²) in [4.78, 5) is 40.5. The Morgan fingerprint density at radius 1 is 0.717 bits per heavy atom. The van der Waals surface area contributed by atoms with Crippen LogP contribution in [0.1, 0.15) is 112 Å². The van der Waals surface area contributed by atoms with Gasteiger partial charge in [0.05, 0.1) is 24.4 Å². The van der Waals surface area contributed by atoms with Gasteiger partial charge in [-0.3, -0.25) is 0 Å². The molecule has 2 spiro atoms. The van der Waals surface area contributed by atoms with E-state index in [1.54, 1.807) is 14.1 Å². The molecule has 9 nitrogen and oxygen atoms in total. The van der Waals surface area contributed by atoms with Crippen molar-refractivity contribution < 1.29 is 38.6 Å². The van der Waals surface area contributed by atoms with Gasteiger partial charge in [-0.05, 0) is 113 Å². The highest BCUT2D eigenvalue weighted by Crippen LogP contribution is 2.64. The number of nitrogens with zero attached hydrogens (tertiary/aromatic N) is 1. The van der Waals surface area contributed by atoms with E-state index in [0.717, 1.165) is 51.4 Å². The standard InChI is InChI=1S/C37H59NO8/c1-20-9-11-26-22(3)28(40-30-18-34(5)15-13-24(20)36(26,30)45-43-34)17-29(41-33(39)38(7)8)32-23(4)27-12-10-21(2)25-14-16-35(6)19-31(42-32)37(25,27)46-44-35/h20-32H,9-19H2,1-8H3/t20-,21-,22-,23-,24+,25+,26+,27+,28-,29+,30-,31-,32?,34-,35-,36-,37-/m1/s1. The molecular weight excluding hydrogens is 586 g/mol. The van der Waals surface area contributed by atoms with E-state index in [1.165, 1.54) is 17.7 Å².